The maximum atomic E-state index is 11.3. The van der Waals surface area contributed by atoms with Crippen molar-refractivity contribution in [1.29, 1.82) is 5.26 Å². The Morgan fingerprint density at radius 1 is 1.71 bits per heavy atom. The van der Waals surface area contributed by atoms with Crippen molar-refractivity contribution < 1.29 is 4.79 Å². The van der Waals surface area contributed by atoms with Gasteiger partial charge in [0.1, 0.15) is 11.8 Å². The molecule has 0 saturated carbocycles. The standard InChI is InChI=1S/C10H11N3O/c1-13-4-2-3-7-5-8(6-11)10(14)12-9(7)13/h5,8H,2-4H2,1H3. The number of amidine groups is 1. The molecule has 2 aliphatic rings. The highest BCUT2D eigenvalue weighted by atomic mass is 16.1. The van der Waals surface area contributed by atoms with Crippen LogP contribution in [0.15, 0.2) is 16.6 Å². The monoisotopic (exact) mass is 189 g/mol. The van der Waals surface area contributed by atoms with E-state index in [1.54, 1.807) is 6.08 Å². The molecule has 4 nitrogen and oxygen atoms in total. The van der Waals surface area contributed by atoms with Gasteiger partial charge in [0.05, 0.1) is 6.07 Å². The summed E-state index contributed by atoms with van der Waals surface area (Å²) in [6.45, 7) is 0.931. The first-order valence-electron chi connectivity index (χ1n) is 4.66. The van der Waals surface area contributed by atoms with Crippen molar-refractivity contribution in [2.75, 3.05) is 13.6 Å². The average molecular weight is 189 g/mol. The summed E-state index contributed by atoms with van der Waals surface area (Å²) in [5.41, 5.74) is 1.05. The van der Waals surface area contributed by atoms with Crippen LogP contribution in [0.1, 0.15) is 12.8 Å². The second-order valence-electron chi connectivity index (χ2n) is 3.60. The van der Waals surface area contributed by atoms with Gasteiger partial charge < -0.3 is 4.90 Å². The molecule has 72 valence electrons. The Morgan fingerprint density at radius 3 is 3.21 bits per heavy atom. The molecule has 4 heteroatoms. The van der Waals surface area contributed by atoms with E-state index in [0.29, 0.717) is 0 Å². The SMILES string of the molecule is CN1CCCC2=CC(C#N)C(=O)N=C21. The number of aliphatic imine (C=N–C) groups is 1. The highest BCUT2D eigenvalue weighted by Gasteiger charge is 2.27. The van der Waals surface area contributed by atoms with Gasteiger partial charge in [0.15, 0.2) is 0 Å². The number of nitrogens with zero attached hydrogens (tertiary/aromatic N) is 3. The molecule has 0 aromatic rings. The number of carbonyl (C=O) groups is 1. The Morgan fingerprint density at radius 2 is 2.50 bits per heavy atom. The fourth-order valence-corrected chi connectivity index (χ4v) is 1.82. The number of fused-ring (bicyclic) bond motifs is 1. The number of rotatable bonds is 0. The van der Waals surface area contributed by atoms with Crippen LogP contribution in [-0.2, 0) is 4.79 Å². The first kappa shape index (κ1) is 8.95. The van der Waals surface area contributed by atoms with Crippen LogP contribution < -0.4 is 0 Å². The summed E-state index contributed by atoms with van der Waals surface area (Å²) in [7, 11) is 1.92. The van der Waals surface area contributed by atoms with Gasteiger partial charge >= 0.3 is 0 Å². The van der Waals surface area contributed by atoms with Crippen molar-refractivity contribution in [3.63, 3.8) is 0 Å². The predicted octanol–water partition coefficient (Wildman–Crippen LogP) is 0.717. The second kappa shape index (κ2) is 3.26. The zero-order valence-corrected chi connectivity index (χ0v) is 8.03. The van der Waals surface area contributed by atoms with E-state index in [2.05, 4.69) is 4.99 Å². The Kier molecular flexibility index (Phi) is 2.08. The molecule has 1 amide bonds. The average Bonchev–Trinajstić information content (AvgIpc) is 2.19. The van der Waals surface area contributed by atoms with Crippen molar-refractivity contribution >= 4 is 11.7 Å². The van der Waals surface area contributed by atoms with E-state index in [1.807, 2.05) is 18.0 Å². The maximum absolute atomic E-state index is 11.3. The fourth-order valence-electron chi connectivity index (χ4n) is 1.82. The molecule has 0 bridgehead atoms. The maximum Gasteiger partial charge on any atom is 0.268 e. The lowest BCUT2D eigenvalue weighted by molar-refractivity contribution is -0.119. The zero-order chi connectivity index (χ0) is 10.1. The van der Waals surface area contributed by atoms with Crippen LogP contribution in [0.4, 0.5) is 0 Å². The molecule has 0 aliphatic carbocycles. The molecule has 0 radical (unpaired) electrons. The van der Waals surface area contributed by atoms with Crippen LogP contribution in [0, 0.1) is 17.2 Å². The Hall–Kier alpha value is -1.63. The molecule has 0 aromatic heterocycles. The third-order valence-electron chi connectivity index (χ3n) is 2.58. The molecule has 1 saturated heterocycles. The first-order chi connectivity index (χ1) is 6.72. The summed E-state index contributed by atoms with van der Waals surface area (Å²) in [5, 5.41) is 8.72. The molecule has 14 heavy (non-hydrogen) atoms. The molecule has 0 aromatic carbocycles. The molecule has 1 fully saturated rings. The summed E-state index contributed by atoms with van der Waals surface area (Å²) in [4.78, 5) is 17.3. The van der Waals surface area contributed by atoms with Crippen molar-refractivity contribution in [1.82, 2.24) is 4.90 Å². The minimum absolute atomic E-state index is 0.333. The molecule has 2 heterocycles. The van der Waals surface area contributed by atoms with E-state index in [9.17, 15) is 4.79 Å². The topological polar surface area (TPSA) is 56.5 Å². The number of likely N-dealkylation sites (N-methyl/N-ethyl adjacent to an activating group) is 1. The van der Waals surface area contributed by atoms with Crippen LogP contribution in [0.2, 0.25) is 0 Å². The van der Waals surface area contributed by atoms with Crippen LogP contribution >= 0.6 is 0 Å². The number of piperidine rings is 1. The largest absolute Gasteiger partial charge is 0.359 e. The molecule has 0 spiro atoms. The van der Waals surface area contributed by atoms with Crippen LogP contribution in [0.3, 0.4) is 0 Å². The smallest absolute Gasteiger partial charge is 0.268 e. The molecular weight excluding hydrogens is 178 g/mol. The van der Waals surface area contributed by atoms with Gasteiger partial charge in [-0.05, 0) is 18.4 Å². The minimum Gasteiger partial charge on any atom is -0.359 e. The second-order valence-corrected chi connectivity index (χ2v) is 3.60. The highest BCUT2D eigenvalue weighted by molar-refractivity contribution is 6.09. The number of dihydropyridines is 1. The van der Waals surface area contributed by atoms with Crippen molar-refractivity contribution in [2.45, 2.75) is 12.8 Å². The number of hydrogen-bond acceptors (Lipinski definition) is 3. The van der Waals surface area contributed by atoms with Gasteiger partial charge in [-0.2, -0.15) is 10.3 Å². The van der Waals surface area contributed by atoms with Gasteiger partial charge in [-0.25, -0.2) is 0 Å². The molecule has 2 rings (SSSR count). The van der Waals surface area contributed by atoms with Gasteiger partial charge in [-0.3, -0.25) is 4.79 Å². The molecule has 1 atom stereocenters. The van der Waals surface area contributed by atoms with Crippen molar-refractivity contribution in [2.24, 2.45) is 10.9 Å². The first-order valence-corrected chi connectivity index (χ1v) is 4.66. The lowest BCUT2D eigenvalue weighted by atomic mass is 9.95. The van der Waals surface area contributed by atoms with E-state index in [-0.39, 0.29) is 5.91 Å². The third-order valence-corrected chi connectivity index (χ3v) is 2.58. The van der Waals surface area contributed by atoms with Crippen LogP contribution in [-0.4, -0.2) is 30.2 Å². The van der Waals surface area contributed by atoms with E-state index in [1.165, 1.54) is 0 Å². The molecule has 0 N–H and O–H groups in total. The summed E-state index contributed by atoms with van der Waals surface area (Å²) >= 11 is 0. The summed E-state index contributed by atoms with van der Waals surface area (Å²) in [6.07, 6.45) is 3.74. The molecular formula is C10H11N3O. The van der Waals surface area contributed by atoms with Gasteiger partial charge in [0, 0.05) is 13.6 Å². The number of hydrogen-bond donors (Lipinski definition) is 0. The lowest BCUT2D eigenvalue weighted by Gasteiger charge is -2.30. The highest BCUT2D eigenvalue weighted by Crippen LogP contribution is 2.23. The van der Waals surface area contributed by atoms with Crippen molar-refractivity contribution in [3.8, 4) is 6.07 Å². The Bertz CT molecular complexity index is 375. The van der Waals surface area contributed by atoms with Gasteiger partial charge in [0.25, 0.3) is 5.91 Å². The normalized spacial score (nSPS) is 26.1. The zero-order valence-electron chi connectivity index (χ0n) is 8.03. The van der Waals surface area contributed by atoms with Gasteiger partial charge in [0.2, 0.25) is 0 Å². The number of likely N-dealkylation sites (tertiary alicyclic amines) is 1. The molecule has 2 aliphatic heterocycles. The van der Waals surface area contributed by atoms with Crippen molar-refractivity contribution in [3.05, 3.63) is 11.6 Å². The van der Waals surface area contributed by atoms with Gasteiger partial charge in [-0.1, -0.05) is 6.08 Å². The third kappa shape index (κ3) is 1.31. The fraction of sp³-hybridized carbons (Fsp3) is 0.500. The number of carbonyl (C=O) groups excluding carboxylic acids is 1. The number of nitriles is 1. The quantitative estimate of drug-likeness (QED) is 0.564. The lowest BCUT2D eigenvalue weighted by Crippen LogP contribution is -2.37. The van der Waals surface area contributed by atoms with E-state index in [0.717, 1.165) is 30.8 Å². The van der Waals surface area contributed by atoms with Crippen LogP contribution in [0.5, 0.6) is 0 Å². The van der Waals surface area contributed by atoms with E-state index in [4.69, 9.17) is 5.26 Å². The Labute approximate surface area is 82.5 Å². The minimum atomic E-state index is -0.666. The summed E-state index contributed by atoms with van der Waals surface area (Å²) < 4.78 is 0. The summed E-state index contributed by atoms with van der Waals surface area (Å²) in [6, 6.07) is 1.95. The summed E-state index contributed by atoms with van der Waals surface area (Å²) in [5.74, 6) is -0.243. The van der Waals surface area contributed by atoms with Gasteiger partial charge in [-0.15, -0.1) is 0 Å². The predicted molar refractivity (Wildman–Crippen MR) is 51.5 cm³/mol. The Balaban J connectivity index is 2.35. The van der Waals surface area contributed by atoms with Crippen LogP contribution in [0.25, 0.3) is 0 Å². The molecule has 1 unspecified atom stereocenters. The number of amides is 1. The van der Waals surface area contributed by atoms with E-state index < -0.39 is 5.92 Å². The van der Waals surface area contributed by atoms with E-state index >= 15 is 0 Å².